The highest BCUT2D eigenvalue weighted by atomic mass is 15.2. The minimum absolute atomic E-state index is 0.377. The molecule has 2 N–H and O–H groups in total. The summed E-state index contributed by atoms with van der Waals surface area (Å²) in [6.45, 7) is 4.82. The van der Waals surface area contributed by atoms with E-state index in [2.05, 4.69) is 55.1 Å². The predicted molar refractivity (Wildman–Crippen MR) is 70.9 cm³/mol. The lowest BCUT2D eigenvalue weighted by molar-refractivity contribution is 0.365. The quantitative estimate of drug-likeness (QED) is 0.788. The van der Waals surface area contributed by atoms with Crippen LogP contribution in [0.5, 0.6) is 0 Å². The summed E-state index contributed by atoms with van der Waals surface area (Å²) in [5.41, 5.74) is 7.12. The Hall–Kier alpha value is -1.06. The van der Waals surface area contributed by atoms with Crippen LogP contribution in [0.4, 0.5) is 5.69 Å². The van der Waals surface area contributed by atoms with Gasteiger partial charge in [0.1, 0.15) is 0 Å². The van der Waals surface area contributed by atoms with Crippen molar-refractivity contribution in [3.05, 3.63) is 30.3 Å². The highest BCUT2D eigenvalue weighted by molar-refractivity contribution is 5.47. The summed E-state index contributed by atoms with van der Waals surface area (Å²) in [6.07, 6.45) is 0. The Balaban J connectivity index is 2.79. The molecule has 1 atom stereocenters. The number of hydrogen-bond acceptors (Lipinski definition) is 3. The van der Waals surface area contributed by atoms with Gasteiger partial charge in [-0.3, -0.25) is 0 Å². The summed E-state index contributed by atoms with van der Waals surface area (Å²) < 4.78 is 0. The van der Waals surface area contributed by atoms with Gasteiger partial charge in [-0.05, 0) is 33.2 Å². The van der Waals surface area contributed by atoms with Crippen molar-refractivity contribution in [2.24, 2.45) is 5.73 Å². The highest BCUT2D eigenvalue weighted by Crippen LogP contribution is 2.15. The van der Waals surface area contributed by atoms with E-state index in [0.29, 0.717) is 12.6 Å². The van der Waals surface area contributed by atoms with E-state index >= 15 is 0 Å². The van der Waals surface area contributed by atoms with Crippen LogP contribution in [-0.4, -0.2) is 44.7 Å². The molecule has 0 bridgehead atoms. The predicted octanol–water partition coefficient (Wildman–Crippen LogP) is 1.40. The highest BCUT2D eigenvalue weighted by Gasteiger charge is 2.16. The first-order valence-electron chi connectivity index (χ1n) is 5.85. The van der Waals surface area contributed by atoms with E-state index in [1.807, 2.05) is 6.07 Å². The Bertz CT molecular complexity index is 284. The van der Waals surface area contributed by atoms with Crippen molar-refractivity contribution >= 4 is 5.69 Å². The second kappa shape index (κ2) is 6.51. The van der Waals surface area contributed by atoms with Gasteiger partial charge < -0.3 is 15.5 Å². The van der Waals surface area contributed by atoms with Crippen molar-refractivity contribution < 1.29 is 0 Å². The molecule has 1 aromatic rings. The van der Waals surface area contributed by atoms with Gasteiger partial charge in [0, 0.05) is 25.3 Å². The summed E-state index contributed by atoms with van der Waals surface area (Å²) in [5.74, 6) is 0. The van der Waals surface area contributed by atoms with Crippen molar-refractivity contribution in [1.29, 1.82) is 0 Å². The van der Waals surface area contributed by atoms with Gasteiger partial charge in [0.05, 0.1) is 6.04 Å². The monoisotopic (exact) mass is 221 g/mol. The molecular formula is C13H23N3. The van der Waals surface area contributed by atoms with E-state index in [4.69, 9.17) is 5.73 Å². The number of rotatable bonds is 6. The normalized spacial score (nSPS) is 12.8. The standard InChI is InChI=1S/C13H23N3/c1-4-16(12-8-6-5-7-9-12)13(10-14)11-15(2)3/h5-9,13H,4,10-11,14H2,1-3H3. The number of anilines is 1. The minimum atomic E-state index is 0.377. The zero-order chi connectivity index (χ0) is 12.0. The third-order valence-corrected chi connectivity index (χ3v) is 2.72. The van der Waals surface area contributed by atoms with Gasteiger partial charge in [-0.2, -0.15) is 0 Å². The molecule has 90 valence electrons. The molecule has 0 aliphatic heterocycles. The van der Waals surface area contributed by atoms with E-state index in [-0.39, 0.29) is 0 Å². The first-order valence-corrected chi connectivity index (χ1v) is 5.85. The van der Waals surface area contributed by atoms with Crippen LogP contribution < -0.4 is 10.6 Å². The maximum Gasteiger partial charge on any atom is 0.0538 e. The molecule has 0 aromatic heterocycles. The molecule has 0 heterocycles. The largest absolute Gasteiger partial charge is 0.366 e. The average Bonchev–Trinajstić information content (AvgIpc) is 2.29. The van der Waals surface area contributed by atoms with E-state index < -0.39 is 0 Å². The topological polar surface area (TPSA) is 32.5 Å². The van der Waals surface area contributed by atoms with Gasteiger partial charge in [-0.25, -0.2) is 0 Å². The van der Waals surface area contributed by atoms with Gasteiger partial charge in [-0.1, -0.05) is 18.2 Å². The maximum atomic E-state index is 5.87. The van der Waals surface area contributed by atoms with Crippen molar-refractivity contribution in [2.45, 2.75) is 13.0 Å². The summed E-state index contributed by atoms with van der Waals surface area (Å²) in [4.78, 5) is 4.54. The lowest BCUT2D eigenvalue weighted by Gasteiger charge is -2.33. The second-order valence-electron chi connectivity index (χ2n) is 4.27. The van der Waals surface area contributed by atoms with E-state index in [1.54, 1.807) is 0 Å². The van der Waals surface area contributed by atoms with E-state index in [9.17, 15) is 0 Å². The Kier molecular flexibility index (Phi) is 5.29. The third kappa shape index (κ3) is 3.51. The van der Waals surface area contributed by atoms with Crippen LogP contribution in [0.15, 0.2) is 30.3 Å². The van der Waals surface area contributed by atoms with Gasteiger partial charge in [0.2, 0.25) is 0 Å². The molecule has 0 fully saturated rings. The average molecular weight is 221 g/mol. The van der Waals surface area contributed by atoms with Crippen LogP contribution in [-0.2, 0) is 0 Å². The smallest absolute Gasteiger partial charge is 0.0538 e. The third-order valence-electron chi connectivity index (χ3n) is 2.72. The molecule has 0 aliphatic carbocycles. The first-order chi connectivity index (χ1) is 7.69. The Morgan fingerprint density at radius 2 is 1.81 bits per heavy atom. The fraction of sp³-hybridized carbons (Fsp3) is 0.538. The van der Waals surface area contributed by atoms with Crippen LogP contribution in [0.3, 0.4) is 0 Å². The second-order valence-corrected chi connectivity index (χ2v) is 4.27. The fourth-order valence-electron chi connectivity index (χ4n) is 1.99. The number of benzene rings is 1. The maximum absolute atomic E-state index is 5.87. The minimum Gasteiger partial charge on any atom is -0.366 e. The van der Waals surface area contributed by atoms with E-state index in [1.165, 1.54) is 5.69 Å². The van der Waals surface area contributed by atoms with Crippen molar-refractivity contribution in [2.75, 3.05) is 38.6 Å². The first kappa shape index (κ1) is 13.0. The molecule has 16 heavy (non-hydrogen) atoms. The molecular weight excluding hydrogens is 198 g/mol. The molecule has 1 aromatic carbocycles. The lowest BCUT2D eigenvalue weighted by atomic mass is 10.2. The summed E-state index contributed by atoms with van der Waals surface area (Å²) >= 11 is 0. The summed E-state index contributed by atoms with van der Waals surface area (Å²) in [6, 6.07) is 10.8. The number of hydrogen-bond donors (Lipinski definition) is 1. The Morgan fingerprint density at radius 1 is 1.19 bits per heavy atom. The van der Waals surface area contributed by atoms with Gasteiger partial charge >= 0.3 is 0 Å². The summed E-state index contributed by atoms with van der Waals surface area (Å²) in [7, 11) is 4.17. The van der Waals surface area contributed by atoms with Crippen molar-refractivity contribution in [3.8, 4) is 0 Å². The number of nitrogens with two attached hydrogens (primary N) is 1. The molecule has 1 unspecified atom stereocenters. The van der Waals surface area contributed by atoms with Crippen LogP contribution in [0.25, 0.3) is 0 Å². The molecule has 0 spiro atoms. The van der Waals surface area contributed by atoms with Crippen LogP contribution in [0.1, 0.15) is 6.92 Å². The molecule has 3 heteroatoms. The zero-order valence-corrected chi connectivity index (χ0v) is 10.6. The number of likely N-dealkylation sites (N-methyl/N-ethyl adjacent to an activating group) is 2. The zero-order valence-electron chi connectivity index (χ0n) is 10.6. The van der Waals surface area contributed by atoms with Crippen molar-refractivity contribution in [1.82, 2.24) is 4.90 Å². The van der Waals surface area contributed by atoms with Crippen LogP contribution >= 0.6 is 0 Å². The fourth-order valence-corrected chi connectivity index (χ4v) is 1.99. The molecule has 0 saturated heterocycles. The SMILES string of the molecule is CCN(c1ccccc1)C(CN)CN(C)C. The Labute approximate surface area is 98.8 Å². The van der Waals surface area contributed by atoms with E-state index in [0.717, 1.165) is 13.1 Å². The molecule has 0 aliphatic rings. The molecule has 0 saturated carbocycles. The molecule has 0 amide bonds. The van der Waals surface area contributed by atoms with Gasteiger partial charge in [-0.15, -0.1) is 0 Å². The molecule has 3 nitrogen and oxygen atoms in total. The van der Waals surface area contributed by atoms with Crippen LogP contribution in [0.2, 0.25) is 0 Å². The number of nitrogens with zero attached hydrogens (tertiary/aromatic N) is 2. The van der Waals surface area contributed by atoms with Gasteiger partial charge in [0.25, 0.3) is 0 Å². The number of para-hydroxylation sites is 1. The van der Waals surface area contributed by atoms with Gasteiger partial charge in [0.15, 0.2) is 0 Å². The molecule has 0 radical (unpaired) electrons. The Morgan fingerprint density at radius 3 is 2.25 bits per heavy atom. The van der Waals surface area contributed by atoms with Crippen molar-refractivity contribution in [3.63, 3.8) is 0 Å². The molecule has 1 rings (SSSR count). The summed E-state index contributed by atoms with van der Waals surface area (Å²) in [5, 5.41) is 0. The lowest BCUT2D eigenvalue weighted by Crippen LogP contribution is -2.46. The van der Waals surface area contributed by atoms with Crippen LogP contribution in [0, 0.1) is 0 Å².